The van der Waals surface area contributed by atoms with Crippen molar-refractivity contribution in [2.45, 2.75) is 58.2 Å². The van der Waals surface area contributed by atoms with Crippen LogP contribution < -0.4 is 10.6 Å². The van der Waals surface area contributed by atoms with Crippen LogP contribution in [0.2, 0.25) is 0 Å². The van der Waals surface area contributed by atoms with E-state index >= 15 is 0 Å². The summed E-state index contributed by atoms with van der Waals surface area (Å²) in [6.45, 7) is 8.67. The van der Waals surface area contributed by atoms with Gasteiger partial charge in [0, 0.05) is 37.9 Å². The van der Waals surface area contributed by atoms with Crippen LogP contribution in [0.1, 0.15) is 50.2 Å². The monoisotopic (exact) mass is 356 g/mol. The molecule has 2 N–H and O–H groups in total. The van der Waals surface area contributed by atoms with Gasteiger partial charge in [0.2, 0.25) is 0 Å². The minimum absolute atomic E-state index is 0.0747. The fourth-order valence-corrected chi connectivity index (χ4v) is 4.59. The number of hydrogen-bond donors (Lipinski definition) is 2. The standard InChI is InChI=1S/C21H32N4O/c1-16-6-10-24(11-7-16)12-8-20-3-2-9-25(20)21(26)23-19-5-4-17-14-22-15-18(17)13-19/h4-5,13,16,20,22H,2-3,6-12,14-15H2,1H3,(H,23,26)/t20-/m1/s1. The molecule has 2 amide bonds. The van der Waals surface area contributed by atoms with Gasteiger partial charge in [0.1, 0.15) is 0 Å². The minimum atomic E-state index is 0.0747. The average Bonchev–Trinajstić information content (AvgIpc) is 3.30. The maximum atomic E-state index is 12.8. The highest BCUT2D eigenvalue weighted by Gasteiger charge is 2.29. The molecule has 0 radical (unpaired) electrons. The lowest BCUT2D eigenvalue weighted by molar-refractivity contribution is 0.167. The number of amides is 2. The number of carbonyl (C=O) groups excluding carboxylic acids is 1. The van der Waals surface area contributed by atoms with Crippen LogP contribution in [0.25, 0.3) is 0 Å². The lowest BCUT2D eigenvalue weighted by Crippen LogP contribution is -2.41. The smallest absolute Gasteiger partial charge is 0.322 e. The normalized spacial score (nSPS) is 24.0. The van der Waals surface area contributed by atoms with Crippen LogP contribution >= 0.6 is 0 Å². The molecule has 3 aliphatic heterocycles. The van der Waals surface area contributed by atoms with Crippen LogP contribution in [0.4, 0.5) is 10.5 Å². The first-order chi connectivity index (χ1) is 12.7. The number of hydrogen-bond acceptors (Lipinski definition) is 3. The van der Waals surface area contributed by atoms with Gasteiger partial charge in [0.25, 0.3) is 0 Å². The molecular formula is C21H32N4O. The number of urea groups is 1. The summed E-state index contributed by atoms with van der Waals surface area (Å²) in [6, 6.07) is 6.75. The largest absolute Gasteiger partial charge is 0.322 e. The first-order valence-electron chi connectivity index (χ1n) is 10.3. The van der Waals surface area contributed by atoms with Crippen molar-refractivity contribution in [1.29, 1.82) is 0 Å². The van der Waals surface area contributed by atoms with E-state index < -0.39 is 0 Å². The predicted molar refractivity (Wildman–Crippen MR) is 105 cm³/mol. The van der Waals surface area contributed by atoms with Crippen molar-refractivity contribution in [2.75, 3.05) is 31.5 Å². The maximum absolute atomic E-state index is 12.8. The van der Waals surface area contributed by atoms with Crippen molar-refractivity contribution in [3.05, 3.63) is 29.3 Å². The summed E-state index contributed by atoms with van der Waals surface area (Å²) in [5.74, 6) is 0.877. The summed E-state index contributed by atoms with van der Waals surface area (Å²) in [5.41, 5.74) is 3.58. The summed E-state index contributed by atoms with van der Waals surface area (Å²) in [5, 5.41) is 6.49. The number of fused-ring (bicyclic) bond motifs is 1. The minimum Gasteiger partial charge on any atom is -0.322 e. The first kappa shape index (κ1) is 17.8. The number of likely N-dealkylation sites (tertiary alicyclic amines) is 2. The van der Waals surface area contributed by atoms with Gasteiger partial charge in [0.05, 0.1) is 0 Å². The van der Waals surface area contributed by atoms with E-state index in [0.29, 0.717) is 6.04 Å². The fourth-order valence-electron chi connectivity index (χ4n) is 4.59. The summed E-state index contributed by atoms with van der Waals surface area (Å²) in [4.78, 5) is 17.5. The molecule has 1 atom stereocenters. The maximum Gasteiger partial charge on any atom is 0.322 e. The molecule has 3 aliphatic rings. The molecule has 5 nitrogen and oxygen atoms in total. The third kappa shape index (κ3) is 4.04. The zero-order chi connectivity index (χ0) is 17.9. The van der Waals surface area contributed by atoms with Crippen LogP contribution in [-0.4, -0.2) is 48.1 Å². The Morgan fingerprint density at radius 2 is 1.96 bits per heavy atom. The second-order valence-corrected chi connectivity index (χ2v) is 8.32. The van der Waals surface area contributed by atoms with Crippen molar-refractivity contribution >= 4 is 11.7 Å². The number of benzene rings is 1. The molecule has 0 spiro atoms. The van der Waals surface area contributed by atoms with Gasteiger partial charge in [-0.3, -0.25) is 0 Å². The molecule has 4 rings (SSSR count). The Kier molecular flexibility index (Phi) is 5.46. The third-order valence-corrected chi connectivity index (χ3v) is 6.38. The molecule has 0 unspecified atom stereocenters. The van der Waals surface area contributed by atoms with Gasteiger partial charge in [-0.25, -0.2) is 4.79 Å². The second kappa shape index (κ2) is 7.97. The summed E-state index contributed by atoms with van der Waals surface area (Å²) in [7, 11) is 0. The molecular weight excluding hydrogens is 324 g/mol. The van der Waals surface area contributed by atoms with Crippen molar-refractivity contribution in [3.63, 3.8) is 0 Å². The van der Waals surface area contributed by atoms with E-state index in [0.717, 1.165) is 57.0 Å². The highest BCUT2D eigenvalue weighted by atomic mass is 16.2. The zero-order valence-electron chi connectivity index (χ0n) is 16.0. The van der Waals surface area contributed by atoms with Gasteiger partial charge in [-0.1, -0.05) is 13.0 Å². The SMILES string of the molecule is CC1CCN(CC[C@H]2CCCN2C(=O)Nc2ccc3c(c2)CNC3)CC1. The van der Waals surface area contributed by atoms with Crippen molar-refractivity contribution < 1.29 is 4.79 Å². The Hall–Kier alpha value is -1.59. The Bertz CT molecular complexity index is 639. The molecule has 1 aromatic carbocycles. The van der Waals surface area contributed by atoms with Gasteiger partial charge in [-0.2, -0.15) is 0 Å². The second-order valence-electron chi connectivity index (χ2n) is 8.32. The molecule has 0 aliphatic carbocycles. The van der Waals surface area contributed by atoms with Gasteiger partial charge in [0.15, 0.2) is 0 Å². The molecule has 142 valence electrons. The Morgan fingerprint density at radius 1 is 1.15 bits per heavy atom. The summed E-state index contributed by atoms with van der Waals surface area (Å²) >= 11 is 0. The number of carbonyl (C=O) groups is 1. The molecule has 0 bridgehead atoms. The van der Waals surface area contributed by atoms with E-state index in [1.807, 2.05) is 6.07 Å². The van der Waals surface area contributed by atoms with Gasteiger partial charge in [-0.05, 0) is 74.4 Å². The first-order valence-corrected chi connectivity index (χ1v) is 10.3. The molecule has 26 heavy (non-hydrogen) atoms. The molecule has 1 aromatic rings. The molecule has 2 saturated heterocycles. The number of piperidine rings is 1. The van der Waals surface area contributed by atoms with Crippen LogP contribution in [0, 0.1) is 5.92 Å². The van der Waals surface area contributed by atoms with Gasteiger partial charge in [-0.15, -0.1) is 0 Å². The van der Waals surface area contributed by atoms with Crippen LogP contribution in [0.5, 0.6) is 0 Å². The number of rotatable bonds is 4. The van der Waals surface area contributed by atoms with Gasteiger partial charge < -0.3 is 20.4 Å². The summed E-state index contributed by atoms with van der Waals surface area (Å²) in [6.07, 6.45) is 6.02. The highest BCUT2D eigenvalue weighted by molar-refractivity contribution is 5.89. The van der Waals surface area contributed by atoms with E-state index in [1.165, 1.54) is 37.1 Å². The topological polar surface area (TPSA) is 47.6 Å². The zero-order valence-corrected chi connectivity index (χ0v) is 16.0. The third-order valence-electron chi connectivity index (χ3n) is 6.38. The van der Waals surface area contributed by atoms with Crippen molar-refractivity contribution in [1.82, 2.24) is 15.1 Å². The van der Waals surface area contributed by atoms with E-state index in [9.17, 15) is 4.79 Å². The van der Waals surface area contributed by atoms with Crippen LogP contribution in [0.15, 0.2) is 18.2 Å². The molecule has 0 saturated carbocycles. The van der Waals surface area contributed by atoms with E-state index in [1.54, 1.807) is 0 Å². The van der Waals surface area contributed by atoms with Gasteiger partial charge >= 0.3 is 6.03 Å². The quantitative estimate of drug-likeness (QED) is 0.869. The van der Waals surface area contributed by atoms with Crippen molar-refractivity contribution in [2.24, 2.45) is 5.92 Å². The Morgan fingerprint density at radius 3 is 2.81 bits per heavy atom. The Balaban J connectivity index is 1.30. The molecule has 5 heteroatoms. The predicted octanol–water partition coefficient (Wildman–Crippen LogP) is 3.41. The van der Waals surface area contributed by atoms with E-state index in [-0.39, 0.29) is 6.03 Å². The number of anilines is 1. The number of nitrogens with one attached hydrogen (secondary N) is 2. The summed E-state index contributed by atoms with van der Waals surface area (Å²) < 4.78 is 0. The molecule has 0 aromatic heterocycles. The molecule has 2 fully saturated rings. The molecule has 3 heterocycles. The van der Waals surface area contributed by atoms with E-state index in [2.05, 4.69) is 39.5 Å². The van der Waals surface area contributed by atoms with E-state index in [4.69, 9.17) is 0 Å². The van der Waals surface area contributed by atoms with Crippen LogP contribution in [0.3, 0.4) is 0 Å². The highest BCUT2D eigenvalue weighted by Crippen LogP contribution is 2.25. The van der Waals surface area contributed by atoms with Crippen molar-refractivity contribution in [3.8, 4) is 0 Å². The fraction of sp³-hybridized carbons (Fsp3) is 0.667. The average molecular weight is 357 g/mol. The van der Waals surface area contributed by atoms with Crippen LogP contribution in [-0.2, 0) is 13.1 Å². The lowest BCUT2D eigenvalue weighted by atomic mass is 9.99. The number of nitrogens with zero attached hydrogens (tertiary/aromatic N) is 2. The lowest BCUT2D eigenvalue weighted by Gasteiger charge is -2.32. The Labute approximate surface area is 157 Å².